The molecule has 0 aliphatic rings. The van der Waals surface area contributed by atoms with Gasteiger partial charge in [0.1, 0.15) is 5.69 Å². The molecule has 3 aromatic heterocycles. The number of nitrogens with one attached hydrogen (secondary N) is 1. The van der Waals surface area contributed by atoms with Crippen LogP contribution in [0.5, 0.6) is 0 Å². The first-order valence-electron chi connectivity index (χ1n) is 8.23. The van der Waals surface area contributed by atoms with E-state index in [0.29, 0.717) is 15.1 Å². The van der Waals surface area contributed by atoms with Crippen molar-refractivity contribution in [1.82, 2.24) is 24.9 Å². The van der Waals surface area contributed by atoms with Crippen molar-refractivity contribution >= 4 is 23.3 Å². The number of carbonyl (C=O) groups is 1. The Balaban J connectivity index is 1.68. The molecule has 11 heteroatoms. The van der Waals surface area contributed by atoms with Crippen molar-refractivity contribution in [3.05, 3.63) is 70.8 Å². The first-order valence-corrected chi connectivity index (χ1v) is 8.60. The highest BCUT2D eigenvalue weighted by Crippen LogP contribution is 2.31. The fourth-order valence-electron chi connectivity index (χ4n) is 2.63. The normalized spacial score (nSPS) is 11.7. The minimum Gasteiger partial charge on any atom is -0.463 e. The molecule has 1 amide bonds. The molecule has 7 nitrogen and oxygen atoms in total. The third kappa shape index (κ3) is 3.92. The lowest BCUT2D eigenvalue weighted by molar-refractivity contribution is -0.142. The van der Waals surface area contributed by atoms with Crippen molar-refractivity contribution in [3.63, 3.8) is 0 Å². The maximum absolute atomic E-state index is 13.5. The van der Waals surface area contributed by atoms with Crippen molar-refractivity contribution in [2.24, 2.45) is 0 Å². The van der Waals surface area contributed by atoms with Crippen molar-refractivity contribution in [1.29, 1.82) is 0 Å². The van der Waals surface area contributed by atoms with Gasteiger partial charge < -0.3 is 9.73 Å². The third-order valence-corrected chi connectivity index (χ3v) is 4.16. The van der Waals surface area contributed by atoms with Crippen LogP contribution in [0.1, 0.15) is 21.9 Å². The van der Waals surface area contributed by atoms with E-state index in [4.69, 9.17) is 16.0 Å². The van der Waals surface area contributed by atoms with Crippen molar-refractivity contribution in [2.75, 3.05) is 0 Å². The predicted octanol–water partition coefficient (Wildman–Crippen LogP) is 3.99. The molecular formula is C18H11ClF3N5O2. The van der Waals surface area contributed by atoms with E-state index in [-0.39, 0.29) is 23.8 Å². The Hall–Kier alpha value is -3.40. The minimum absolute atomic E-state index is 0.0758. The Morgan fingerprint density at radius 1 is 1.17 bits per heavy atom. The molecule has 0 spiro atoms. The fourth-order valence-corrected chi connectivity index (χ4v) is 2.84. The van der Waals surface area contributed by atoms with Gasteiger partial charge in [0.25, 0.3) is 11.7 Å². The van der Waals surface area contributed by atoms with E-state index in [0.717, 1.165) is 6.07 Å². The van der Waals surface area contributed by atoms with Gasteiger partial charge in [0, 0.05) is 11.6 Å². The van der Waals surface area contributed by atoms with E-state index in [1.165, 1.54) is 18.4 Å². The summed E-state index contributed by atoms with van der Waals surface area (Å²) in [5.41, 5.74) is -0.493. The van der Waals surface area contributed by atoms with Gasteiger partial charge in [0.15, 0.2) is 11.5 Å². The predicted molar refractivity (Wildman–Crippen MR) is 96.1 cm³/mol. The van der Waals surface area contributed by atoms with Crippen LogP contribution in [0.25, 0.3) is 17.2 Å². The average Bonchev–Trinajstić information content (AvgIpc) is 3.34. The second-order valence-electron chi connectivity index (χ2n) is 5.96. The molecule has 1 N–H and O–H groups in total. The van der Waals surface area contributed by atoms with Crippen LogP contribution < -0.4 is 5.32 Å². The molecule has 29 heavy (non-hydrogen) atoms. The monoisotopic (exact) mass is 421 g/mol. The fraction of sp³-hybridized carbons (Fsp3) is 0.111. The Morgan fingerprint density at radius 2 is 2.00 bits per heavy atom. The number of hydrogen-bond acceptors (Lipinski definition) is 5. The number of amides is 1. The number of rotatable bonds is 4. The molecule has 148 valence electrons. The van der Waals surface area contributed by atoms with Crippen LogP contribution >= 0.6 is 11.6 Å². The summed E-state index contributed by atoms with van der Waals surface area (Å²) in [7, 11) is 0. The maximum atomic E-state index is 13.5. The average molecular weight is 422 g/mol. The summed E-state index contributed by atoms with van der Waals surface area (Å²) in [5, 5.41) is 6.72. The highest BCUT2D eigenvalue weighted by atomic mass is 35.5. The van der Waals surface area contributed by atoms with Gasteiger partial charge in [-0.1, -0.05) is 23.7 Å². The zero-order valence-electron chi connectivity index (χ0n) is 14.4. The number of furan rings is 1. The number of aromatic nitrogens is 4. The quantitative estimate of drug-likeness (QED) is 0.538. The summed E-state index contributed by atoms with van der Waals surface area (Å²) in [5.74, 6) is -1.43. The lowest BCUT2D eigenvalue weighted by Gasteiger charge is -2.09. The number of carbonyl (C=O) groups excluding carboxylic acids is 1. The number of halogens is 4. The van der Waals surface area contributed by atoms with E-state index in [9.17, 15) is 18.0 Å². The number of benzene rings is 1. The number of nitrogens with zero attached hydrogens (tertiary/aromatic N) is 4. The highest BCUT2D eigenvalue weighted by Gasteiger charge is 2.36. The smallest absolute Gasteiger partial charge is 0.433 e. The molecule has 0 aliphatic carbocycles. The first-order chi connectivity index (χ1) is 13.8. The molecular weight excluding hydrogens is 411 g/mol. The van der Waals surface area contributed by atoms with E-state index < -0.39 is 23.6 Å². The summed E-state index contributed by atoms with van der Waals surface area (Å²) in [6, 6.07) is 10.6. The van der Waals surface area contributed by atoms with Crippen LogP contribution in [0.4, 0.5) is 13.2 Å². The van der Waals surface area contributed by atoms with Crippen LogP contribution in [-0.2, 0) is 12.7 Å². The number of fused-ring (bicyclic) bond motifs is 1. The summed E-state index contributed by atoms with van der Waals surface area (Å²) in [6.07, 6.45) is -3.43. The Kier molecular flexibility index (Phi) is 4.71. The topological polar surface area (TPSA) is 85.3 Å². The molecule has 0 unspecified atom stereocenters. The Bertz CT molecular complexity index is 1190. The van der Waals surface area contributed by atoms with Gasteiger partial charge >= 0.3 is 6.18 Å². The maximum Gasteiger partial charge on any atom is 0.433 e. The summed E-state index contributed by atoms with van der Waals surface area (Å²) < 4.78 is 46.1. The van der Waals surface area contributed by atoms with E-state index >= 15 is 0 Å². The van der Waals surface area contributed by atoms with E-state index in [2.05, 4.69) is 20.4 Å². The molecule has 0 fully saturated rings. The van der Waals surface area contributed by atoms with Crippen LogP contribution in [-0.4, -0.2) is 25.5 Å². The molecule has 0 bridgehead atoms. The minimum atomic E-state index is -4.75. The van der Waals surface area contributed by atoms with Crippen LogP contribution in [0, 0.1) is 0 Å². The van der Waals surface area contributed by atoms with E-state index in [1.807, 2.05) is 0 Å². The second kappa shape index (κ2) is 7.21. The highest BCUT2D eigenvalue weighted by molar-refractivity contribution is 6.30. The molecule has 0 atom stereocenters. The zero-order chi connectivity index (χ0) is 20.6. The van der Waals surface area contributed by atoms with Gasteiger partial charge in [-0.3, -0.25) is 4.79 Å². The molecule has 1 aromatic carbocycles. The summed E-state index contributed by atoms with van der Waals surface area (Å²) in [4.78, 5) is 20.2. The molecule has 0 saturated carbocycles. The first kappa shape index (κ1) is 18.9. The van der Waals surface area contributed by atoms with Gasteiger partial charge in [-0.2, -0.15) is 22.7 Å². The SMILES string of the molecule is O=C(NCc1cccc(Cl)c1)c1nc2nc(-c3ccco3)cc(C(F)(F)F)n2n1. The van der Waals surface area contributed by atoms with Crippen LogP contribution in [0.2, 0.25) is 5.02 Å². The van der Waals surface area contributed by atoms with Gasteiger partial charge in [-0.25, -0.2) is 4.98 Å². The lowest BCUT2D eigenvalue weighted by atomic mass is 10.2. The second-order valence-corrected chi connectivity index (χ2v) is 6.40. The van der Waals surface area contributed by atoms with Gasteiger partial charge in [0.05, 0.1) is 6.26 Å². The van der Waals surface area contributed by atoms with Crippen molar-refractivity contribution in [3.8, 4) is 11.5 Å². The van der Waals surface area contributed by atoms with Crippen LogP contribution in [0.3, 0.4) is 0 Å². The summed E-state index contributed by atoms with van der Waals surface area (Å²) in [6.45, 7) is 0.103. The zero-order valence-corrected chi connectivity index (χ0v) is 15.2. The Morgan fingerprint density at radius 3 is 2.69 bits per heavy atom. The summed E-state index contributed by atoms with van der Waals surface area (Å²) >= 11 is 5.88. The molecule has 4 rings (SSSR count). The largest absolute Gasteiger partial charge is 0.463 e. The van der Waals surface area contributed by atoms with Crippen molar-refractivity contribution in [2.45, 2.75) is 12.7 Å². The van der Waals surface area contributed by atoms with Gasteiger partial charge in [-0.15, -0.1) is 5.10 Å². The molecule has 0 aliphatic heterocycles. The lowest BCUT2D eigenvalue weighted by Crippen LogP contribution is -2.24. The van der Waals surface area contributed by atoms with Gasteiger partial charge in [-0.05, 0) is 35.9 Å². The molecule has 0 saturated heterocycles. The Labute approximate surface area is 166 Å². The molecule has 0 radical (unpaired) electrons. The van der Waals surface area contributed by atoms with E-state index in [1.54, 1.807) is 24.3 Å². The number of alkyl halides is 3. The third-order valence-electron chi connectivity index (χ3n) is 3.92. The number of hydrogen-bond donors (Lipinski definition) is 1. The molecule has 4 aromatic rings. The van der Waals surface area contributed by atoms with Crippen LogP contribution in [0.15, 0.2) is 53.1 Å². The van der Waals surface area contributed by atoms with Gasteiger partial charge in [0.2, 0.25) is 5.82 Å². The standard InChI is InChI=1S/C18H11ClF3N5O2/c19-11-4-1-3-10(7-11)9-23-16(28)15-25-17-24-12(13-5-2-6-29-13)8-14(18(20,21)22)27(17)26-15/h1-8H,9H2,(H,23,28). The molecule has 3 heterocycles. The van der Waals surface area contributed by atoms with Crippen molar-refractivity contribution < 1.29 is 22.4 Å².